The van der Waals surface area contributed by atoms with Crippen LogP contribution in [0.25, 0.3) is 0 Å². The number of rotatable bonds is 6. The Bertz CT molecular complexity index is 203. The summed E-state index contributed by atoms with van der Waals surface area (Å²) in [6.07, 6.45) is 5.32. The Morgan fingerprint density at radius 3 is 2.53 bits per heavy atom. The van der Waals surface area contributed by atoms with Gasteiger partial charge in [-0.1, -0.05) is 27.2 Å². The molecule has 3 atom stereocenters. The van der Waals surface area contributed by atoms with Gasteiger partial charge in [-0.25, -0.2) is 0 Å². The Kier molecular flexibility index (Phi) is 6.50. The van der Waals surface area contributed by atoms with Gasteiger partial charge in [0.05, 0.1) is 0 Å². The summed E-state index contributed by atoms with van der Waals surface area (Å²) in [6.45, 7) is 14.1. The zero-order valence-electron chi connectivity index (χ0n) is 12.5. The number of nitrogens with zero attached hydrogens (tertiary/aromatic N) is 1. The highest BCUT2D eigenvalue weighted by Crippen LogP contribution is 2.18. The molecule has 1 fully saturated rings. The van der Waals surface area contributed by atoms with Crippen LogP contribution in [0, 0.1) is 5.92 Å². The third-order valence-corrected chi connectivity index (χ3v) is 4.06. The van der Waals surface area contributed by atoms with E-state index in [0.29, 0.717) is 6.04 Å². The van der Waals surface area contributed by atoms with E-state index in [1.807, 2.05) is 0 Å². The topological polar surface area (TPSA) is 15.3 Å². The van der Waals surface area contributed by atoms with Crippen molar-refractivity contribution in [1.29, 1.82) is 0 Å². The summed E-state index contributed by atoms with van der Waals surface area (Å²) in [7, 11) is 0. The molecule has 0 saturated carbocycles. The van der Waals surface area contributed by atoms with Crippen LogP contribution in [-0.2, 0) is 0 Å². The van der Waals surface area contributed by atoms with Gasteiger partial charge >= 0.3 is 0 Å². The molecule has 0 aliphatic carbocycles. The normalized spacial score (nSPS) is 28.6. The first-order valence-corrected chi connectivity index (χ1v) is 7.53. The number of piperazine rings is 1. The van der Waals surface area contributed by atoms with E-state index < -0.39 is 0 Å². The van der Waals surface area contributed by atoms with Crippen LogP contribution in [0.3, 0.4) is 0 Å². The van der Waals surface area contributed by atoms with Crippen molar-refractivity contribution in [2.45, 2.75) is 78.4 Å². The van der Waals surface area contributed by atoms with Crippen LogP contribution < -0.4 is 5.32 Å². The van der Waals surface area contributed by atoms with Crippen molar-refractivity contribution in [3.63, 3.8) is 0 Å². The fourth-order valence-electron chi connectivity index (χ4n) is 2.85. The highest BCUT2D eigenvalue weighted by Gasteiger charge is 2.27. The highest BCUT2D eigenvalue weighted by molar-refractivity contribution is 4.86. The van der Waals surface area contributed by atoms with Crippen molar-refractivity contribution in [2.24, 2.45) is 5.92 Å². The zero-order chi connectivity index (χ0) is 12.8. The molecule has 17 heavy (non-hydrogen) atoms. The van der Waals surface area contributed by atoms with Crippen LogP contribution >= 0.6 is 0 Å². The third-order valence-electron chi connectivity index (χ3n) is 4.06. The van der Waals surface area contributed by atoms with E-state index in [9.17, 15) is 0 Å². The molecule has 1 saturated heterocycles. The summed E-state index contributed by atoms with van der Waals surface area (Å²) in [5, 5.41) is 3.68. The summed E-state index contributed by atoms with van der Waals surface area (Å²) in [5.41, 5.74) is 0. The van der Waals surface area contributed by atoms with Gasteiger partial charge in [-0.2, -0.15) is 0 Å². The smallest absolute Gasteiger partial charge is 0.0195 e. The molecule has 0 aromatic carbocycles. The van der Waals surface area contributed by atoms with Crippen molar-refractivity contribution < 1.29 is 0 Å². The second-order valence-electron chi connectivity index (χ2n) is 6.26. The average molecular weight is 240 g/mol. The summed E-state index contributed by atoms with van der Waals surface area (Å²) in [4.78, 5) is 2.72. The van der Waals surface area contributed by atoms with Crippen LogP contribution in [0.1, 0.15) is 60.3 Å². The van der Waals surface area contributed by atoms with Crippen molar-refractivity contribution >= 4 is 0 Å². The lowest BCUT2D eigenvalue weighted by Gasteiger charge is -2.42. The van der Waals surface area contributed by atoms with Gasteiger partial charge in [-0.15, -0.1) is 0 Å². The maximum absolute atomic E-state index is 3.68. The van der Waals surface area contributed by atoms with E-state index in [-0.39, 0.29) is 0 Å². The van der Waals surface area contributed by atoms with Gasteiger partial charge in [0.15, 0.2) is 0 Å². The van der Waals surface area contributed by atoms with Crippen molar-refractivity contribution in [2.75, 3.05) is 13.1 Å². The molecule has 1 heterocycles. The van der Waals surface area contributed by atoms with E-state index in [0.717, 1.165) is 24.5 Å². The average Bonchev–Trinajstić information content (AvgIpc) is 2.29. The van der Waals surface area contributed by atoms with E-state index in [4.69, 9.17) is 0 Å². The lowest BCUT2D eigenvalue weighted by Crippen LogP contribution is -2.57. The summed E-state index contributed by atoms with van der Waals surface area (Å²) in [5.74, 6) is 0.835. The molecule has 2 heteroatoms. The van der Waals surface area contributed by atoms with Gasteiger partial charge in [-0.05, 0) is 39.0 Å². The quantitative estimate of drug-likeness (QED) is 0.766. The van der Waals surface area contributed by atoms with Gasteiger partial charge in [-0.3, -0.25) is 4.90 Å². The minimum atomic E-state index is 0.699. The van der Waals surface area contributed by atoms with Gasteiger partial charge in [0.25, 0.3) is 0 Å². The number of nitrogens with one attached hydrogen (secondary N) is 1. The molecule has 0 aromatic heterocycles. The Morgan fingerprint density at radius 2 is 1.94 bits per heavy atom. The summed E-state index contributed by atoms with van der Waals surface area (Å²) >= 11 is 0. The Labute approximate surface area is 108 Å². The largest absolute Gasteiger partial charge is 0.311 e. The SMILES string of the molecule is CCCC1CN(C(C)CCC(C)C)C(C)CN1. The van der Waals surface area contributed by atoms with Crippen LogP contribution in [-0.4, -0.2) is 36.1 Å². The van der Waals surface area contributed by atoms with E-state index >= 15 is 0 Å². The molecule has 1 N–H and O–H groups in total. The predicted octanol–water partition coefficient (Wildman–Crippen LogP) is 3.27. The highest BCUT2D eigenvalue weighted by atomic mass is 15.2. The molecule has 1 aliphatic rings. The number of hydrogen-bond donors (Lipinski definition) is 1. The van der Waals surface area contributed by atoms with E-state index in [1.54, 1.807) is 0 Å². The molecular formula is C15H32N2. The second-order valence-corrected chi connectivity index (χ2v) is 6.26. The first-order chi connectivity index (χ1) is 8.04. The van der Waals surface area contributed by atoms with Gasteiger partial charge in [0, 0.05) is 31.2 Å². The molecule has 0 amide bonds. The standard InChI is InChI=1S/C15H32N2/c1-6-7-15-11-17(14(5)10-16-15)13(4)9-8-12(2)3/h12-16H,6-11H2,1-5H3. The Hall–Kier alpha value is -0.0800. The first kappa shape index (κ1) is 15.0. The Morgan fingerprint density at radius 1 is 1.24 bits per heavy atom. The van der Waals surface area contributed by atoms with Crippen LogP contribution in [0.15, 0.2) is 0 Å². The van der Waals surface area contributed by atoms with Gasteiger partial charge in [0.2, 0.25) is 0 Å². The molecule has 2 nitrogen and oxygen atoms in total. The zero-order valence-corrected chi connectivity index (χ0v) is 12.5. The van der Waals surface area contributed by atoms with E-state index in [1.165, 1.54) is 32.2 Å². The lowest BCUT2D eigenvalue weighted by atomic mass is 9.99. The van der Waals surface area contributed by atoms with Crippen LogP contribution in [0.2, 0.25) is 0 Å². The predicted molar refractivity (Wildman–Crippen MR) is 76.4 cm³/mol. The van der Waals surface area contributed by atoms with Crippen molar-refractivity contribution in [3.05, 3.63) is 0 Å². The molecular weight excluding hydrogens is 208 g/mol. The maximum Gasteiger partial charge on any atom is 0.0195 e. The minimum absolute atomic E-state index is 0.699. The molecule has 0 bridgehead atoms. The molecule has 3 unspecified atom stereocenters. The Balaban J connectivity index is 2.42. The molecule has 102 valence electrons. The summed E-state index contributed by atoms with van der Waals surface area (Å²) in [6, 6.07) is 2.16. The van der Waals surface area contributed by atoms with Crippen LogP contribution in [0.5, 0.6) is 0 Å². The summed E-state index contributed by atoms with van der Waals surface area (Å²) < 4.78 is 0. The minimum Gasteiger partial charge on any atom is -0.311 e. The molecule has 1 rings (SSSR count). The monoisotopic (exact) mass is 240 g/mol. The maximum atomic E-state index is 3.68. The molecule has 0 aromatic rings. The van der Waals surface area contributed by atoms with Crippen LogP contribution in [0.4, 0.5) is 0 Å². The van der Waals surface area contributed by atoms with E-state index in [2.05, 4.69) is 44.8 Å². The first-order valence-electron chi connectivity index (χ1n) is 7.53. The fraction of sp³-hybridized carbons (Fsp3) is 1.00. The second kappa shape index (κ2) is 7.38. The van der Waals surface area contributed by atoms with Gasteiger partial charge in [0.1, 0.15) is 0 Å². The number of hydrogen-bond acceptors (Lipinski definition) is 2. The van der Waals surface area contributed by atoms with Crippen molar-refractivity contribution in [3.8, 4) is 0 Å². The lowest BCUT2D eigenvalue weighted by molar-refractivity contribution is 0.0888. The third kappa shape index (κ3) is 4.97. The molecule has 0 spiro atoms. The molecule has 1 aliphatic heterocycles. The van der Waals surface area contributed by atoms with Gasteiger partial charge < -0.3 is 5.32 Å². The van der Waals surface area contributed by atoms with Crippen molar-refractivity contribution in [1.82, 2.24) is 10.2 Å². The molecule has 0 radical (unpaired) electrons. The fourth-order valence-corrected chi connectivity index (χ4v) is 2.85.